The summed E-state index contributed by atoms with van der Waals surface area (Å²) in [5.74, 6) is -0.348. The molecule has 1 unspecified atom stereocenters. The van der Waals surface area contributed by atoms with Crippen LogP contribution < -0.4 is 10.0 Å². The van der Waals surface area contributed by atoms with Gasteiger partial charge in [0.25, 0.3) is 5.91 Å². The van der Waals surface area contributed by atoms with Gasteiger partial charge in [0.2, 0.25) is 10.0 Å². The molecule has 136 valence electrons. The number of rotatable bonds is 5. The predicted octanol–water partition coefficient (Wildman–Crippen LogP) is 2.85. The number of imidazole rings is 1. The molecule has 0 radical (unpaired) electrons. The summed E-state index contributed by atoms with van der Waals surface area (Å²) >= 11 is 6.12. The van der Waals surface area contributed by atoms with Gasteiger partial charge in [0.05, 0.1) is 12.3 Å². The monoisotopic (exact) mass is 392 g/mol. The third kappa shape index (κ3) is 3.97. The van der Waals surface area contributed by atoms with Crippen molar-refractivity contribution in [3.05, 3.63) is 65.1 Å². The predicted molar refractivity (Wildman–Crippen MR) is 101 cm³/mol. The van der Waals surface area contributed by atoms with Crippen molar-refractivity contribution in [2.45, 2.75) is 13.0 Å². The lowest BCUT2D eigenvalue weighted by Crippen LogP contribution is -2.28. The van der Waals surface area contributed by atoms with Gasteiger partial charge in [-0.1, -0.05) is 29.8 Å². The third-order valence-corrected chi connectivity index (χ3v) is 4.63. The number of pyridine rings is 1. The minimum atomic E-state index is -3.33. The van der Waals surface area contributed by atoms with Gasteiger partial charge in [0.15, 0.2) is 10.8 Å². The van der Waals surface area contributed by atoms with E-state index < -0.39 is 10.0 Å². The van der Waals surface area contributed by atoms with Gasteiger partial charge >= 0.3 is 0 Å². The number of aromatic nitrogens is 2. The average Bonchev–Trinajstić information content (AvgIpc) is 2.89. The zero-order valence-electron chi connectivity index (χ0n) is 14.1. The van der Waals surface area contributed by atoms with Crippen LogP contribution in [0.4, 0.5) is 5.69 Å². The SMILES string of the molecule is CC(NC(=O)c1c(Cl)nc2ccccn12)c1ccc(NS(C)(=O)=O)cc1. The molecule has 2 N–H and O–H groups in total. The molecule has 0 aliphatic carbocycles. The lowest BCUT2D eigenvalue weighted by Gasteiger charge is -2.15. The molecule has 0 saturated heterocycles. The van der Waals surface area contributed by atoms with E-state index >= 15 is 0 Å². The van der Waals surface area contributed by atoms with Gasteiger partial charge in [-0.05, 0) is 36.8 Å². The number of hydrogen-bond donors (Lipinski definition) is 2. The van der Waals surface area contributed by atoms with Crippen molar-refractivity contribution in [2.24, 2.45) is 0 Å². The van der Waals surface area contributed by atoms with E-state index in [4.69, 9.17) is 11.6 Å². The molecule has 0 saturated carbocycles. The van der Waals surface area contributed by atoms with Gasteiger partial charge in [-0.3, -0.25) is 13.9 Å². The van der Waals surface area contributed by atoms with Gasteiger partial charge in [0.1, 0.15) is 5.65 Å². The number of hydrogen-bond acceptors (Lipinski definition) is 4. The zero-order valence-corrected chi connectivity index (χ0v) is 15.7. The largest absolute Gasteiger partial charge is 0.344 e. The molecule has 9 heteroatoms. The first-order chi connectivity index (χ1) is 12.2. The third-order valence-electron chi connectivity index (χ3n) is 3.76. The van der Waals surface area contributed by atoms with E-state index in [0.29, 0.717) is 11.3 Å². The Hall–Kier alpha value is -2.58. The molecule has 0 aliphatic rings. The molecule has 2 aromatic heterocycles. The van der Waals surface area contributed by atoms with Crippen molar-refractivity contribution in [3.8, 4) is 0 Å². The molecular formula is C17H17ClN4O3S. The Labute approximate surface area is 156 Å². The summed E-state index contributed by atoms with van der Waals surface area (Å²) in [6.45, 7) is 1.83. The number of sulfonamides is 1. The molecule has 2 heterocycles. The molecule has 1 amide bonds. The Balaban J connectivity index is 1.78. The smallest absolute Gasteiger partial charge is 0.272 e. The Bertz CT molecular complexity index is 1060. The van der Waals surface area contributed by atoms with Crippen molar-refractivity contribution >= 4 is 38.9 Å². The lowest BCUT2D eigenvalue weighted by molar-refractivity contribution is 0.0934. The molecule has 26 heavy (non-hydrogen) atoms. The molecule has 0 spiro atoms. The summed E-state index contributed by atoms with van der Waals surface area (Å²) in [6.07, 6.45) is 2.81. The first-order valence-corrected chi connectivity index (χ1v) is 10.0. The van der Waals surface area contributed by atoms with Crippen molar-refractivity contribution < 1.29 is 13.2 Å². The molecule has 7 nitrogen and oxygen atoms in total. The highest BCUT2D eigenvalue weighted by Crippen LogP contribution is 2.20. The maximum Gasteiger partial charge on any atom is 0.272 e. The molecule has 1 aromatic carbocycles. The number of amides is 1. The summed E-state index contributed by atoms with van der Waals surface area (Å²) in [7, 11) is -3.33. The highest BCUT2D eigenvalue weighted by atomic mass is 35.5. The standard InChI is InChI=1S/C17H17ClN4O3S/c1-11(12-6-8-13(9-7-12)21-26(2,24)25)19-17(23)15-16(18)20-14-5-3-4-10-22(14)15/h3-11,21H,1-2H3,(H,19,23). The fourth-order valence-corrected chi connectivity index (χ4v) is 3.40. The molecule has 3 rings (SSSR count). The van der Waals surface area contributed by atoms with Crippen LogP contribution in [0.15, 0.2) is 48.7 Å². The Kier molecular flexibility index (Phi) is 4.88. The minimum Gasteiger partial charge on any atom is -0.344 e. The average molecular weight is 393 g/mol. The van der Waals surface area contributed by atoms with Crippen LogP contribution in [-0.2, 0) is 10.0 Å². The first kappa shape index (κ1) is 18.2. The molecule has 3 aromatic rings. The number of benzene rings is 1. The summed E-state index contributed by atoms with van der Waals surface area (Å²) in [6, 6.07) is 11.8. The van der Waals surface area contributed by atoms with E-state index in [1.807, 2.05) is 13.0 Å². The highest BCUT2D eigenvalue weighted by molar-refractivity contribution is 7.92. The van der Waals surface area contributed by atoms with Crippen LogP contribution in [0.2, 0.25) is 5.15 Å². The maximum absolute atomic E-state index is 12.6. The zero-order chi connectivity index (χ0) is 18.9. The lowest BCUT2D eigenvalue weighted by atomic mass is 10.1. The Morgan fingerprint density at radius 1 is 1.19 bits per heavy atom. The second kappa shape index (κ2) is 6.97. The molecular weight excluding hydrogens is 376 g/mol. The van der Waals surface area contributed by atoms with Crippen LogP contribution in [0, 0.1) is 0 Å². The van der Waals surface area contributed by atoms with Crippen molar-refractivity contribution in [1.82, 2.24) is 14.7 Å². The van der Waals surface area contributed by atoms with Crippen molar-refractivity contribution in [3.63, 3.8) is 0 Å². The van der Waals surface area contributed by atoms with Crippen LogP contribution >= 0.6 is 11.6 Å². The minimum absolute atomic E-state index is 0.133. The van der Waals surface area contributed by atoms with Crippen molar-refractivity contribution in [1.29, 1.82) is 0 Å². The van der Waals surface area contributed by atoms with Gasteiger partial charge in [-0.25, -0.2) is 13.4 Å². The highest BCUT2D eigenvalue weighted by Gasteiger charge is 2.20. The number of carbonyl (C=O) groups excluding carboxylic acids is 1. The summed E-state index contributed by atoms with van der Waals surface area (Å²) in [5, 5.41) is 3.01. The van der Waals surface area contributed by atoms with Gasteiger partial charge in [-0.15, -0.1) is 0 Å². The molecule has 0 fully saturated rings. The Morgan fingerprint density at radius 2 is 1.88 bits per heavy atom. The van der Waals surface area contributed by atoms with E-state index in [0.717, 1.165) is 11.8 Å². The van der Waals surface area contributed by atoms with E-state index in [9.17, 15) is 13.2 Å². The van der Waals surface area contributed by atoms with Crippen LogP contribution in [0.25, 0.3) is 5.65 Å². The van der Waals surface area contributed by atoms with Crippen LogP contribution in [-0.4, -0.2) is 30.0 Å². The molecule has 0 bridgehead atoms. The van der Waals surface area contributed by atoms with E-state index in [1.165, 1.54) is 0 Å². The number of nitrogens with zero attached hydrogens (tertiary/aromatic N) is 2. The van der Waals surface area contributed by atoms with Gasteiger partial charge < -0.3 is 5.32 Å². The van der Waals surface area contributed by atoms with E-state index in [-0.39, 0.29) is 22.8 Å². The van der Waals surface area contributed by atoms with Crippen LogP contribution in [0.3, 0.4) is 0 Å². The number of fused-ring (bicyclic) bond motifs is 1. The van der Waals surface area contributed by atoms with E-state index in [2.05, 4.69) is 15.0 Å². The summed E-state index contributed by atoms with van der Waals surface area (Å²) in [4.78, 5) is 16.8. The normalized spacial score (nSPS) is 12.7. The van der Waals surface area contributed by atoms with Crippen LogP contribution in [0.5, 0.6) is 0 Å². The fourth-order valence-electron chi connectivity index (χ4n) is 2.57. The quantitative estimate of drug-likeness (QED) is 0.698. The molecule has 0 aliphatic heterocycles. The summed E-state index contributed by atoms with van der Waals surface area (Å²) in [5.41, 5.74) is 2.14. The maximum atomic E-state index is 12.6. The number of carbonyl (C=O) groups is 1. The Morgan fingerprint density at radius 3 is 2.54 bits per heavy atom. The van der Waals surface area contributed by atoms with Gasteiger partial charge in [-0.2, -0.15) is 0 Å². The van der Waals surface area contributed by atoms with Crippen LogP contribution in [0.1, 0.15) is 29.0 Å². The second-order valence-corrected chi connectivity index (χ2v) is 7.98. The van der Waals surface area contributed by atoms with E-state index in [1.54, 1.807) is 47.0 Å². The number of anilines is 1. The summed E-state index contributed by atoms with van der Waals surface area (Å²) < 4.78 is 26.5. The second-order valence-electron chi connectivity index (χ2n) is 5.87. The number of nitrogens with one attached hydrogen (secondary N) is 2. The van der Waals surface area contributed by atoms with Crippen molar-refractivity contribution in [2.75, 3.05) is 11.0 Å². The first-order valence-electron chi connectivity index (χ1n) is 7.76. The fraction of sp³-hybridized carbons (Fsp3) is 0.176. The molecule has 1 atom stereocenters. The van der Waals surface area contributed by atoms with Gasteiger partial charge in [0, 0.05) is 11.9 Å². The topological polar surface area (TPSA) is 92.6 Å². The number of halogens is 1.